The third kappa shape index (κ3) is 3.01. The average molecular weight is 371 g/mol. The first kappa shape index (κ1) is 18.8. The Hall–Kier alpha value is -3.03. The topological polar surface area (TPSA) is 96.3 Å². The van der Waals surface area contributed by atoms with Gasteiger partial charge in [-0.25, -0.2) is 14.7 Å². The molecule has 0 bridgehead atoms. The lowest BCUT2D eigenvalue weighted by atomic mass is 9.91. The molecule has 1 spiro atoms. The second kappa shape index (κ2) is 6.94. The van der Waals surface area contributed by atoms with E-state index < -0.39 is 29.2 Å². The zero-order chi connectivity index (χ0) is 19.8. The smallest absolute Gasteiger partial charge is 0.354 e. The highest BCUT2D eigenvalue weighted by atomic mass is 16.5. The van der Waals surface area contributed by atoms with Crippen molar-refractivity contribution in [1.82, 2.24) is 5.01 Å². The number of amides is 3. The first-order chi connectivity index (χ1) is 12.8. The lowest BCUT2D eigenvalue weighted by Crippen LogP contribution is -2.51. The Labute approximate surface area is 156 Å². The maximum absolute atomic E-state index is 13.2. The maximum Gasteiger partial charge on any atom is 0.354 e. The quantitative estimate of drug-likeness (QED) is 0.589. The van der Waals surface area contributed by atoms with Crippen molar-refractivity contribution in [3.05, 3.63) is 29.8 Å². The molecule has 3 rings (SSSR count). The van der Waals surface area contributed by atoms with E-state index in [1.807, 2.05) is 19.1 Å². The predicted molar refractivity (Wildman–Crippen MR) is 96.9 cm³/mol. The lowest BCUT2D eigenvalue weighted by Gasteiger charge is -2.28. The number of imide groups is 1. The summed E-state index contributed by atoms with van der Waals surface area (Å²) in [5.41, 5.74) is -0.0238. The van der Waals surface area contributed by atoms with Crippen molar-refractivity contribution in [1.29, 1.82) is 0 Å². The highest BCUT2D eigenvalue weighted by Crippen LogP contribution is 2.40. The number of ether oxygens (including phenoxy) is 1. The number of hydrazone groups is 1. The molecule has 8 nitrogen and oxygen atoms in total. The molecule has 0 radical (unpaired) electrons. The molecular weight excluding hydrogens is 350 g/mol. The Balaban J connectivity index is 1.96. The molecule has 1 aromatic rings. The number of esters is 1. The lowest BCUT2D eigenvalue weighted by molar-refractivity contribution is -0.141. The number of hydrogen-bond donors (Lipinski definition) is 0. The van der Waals surface area contributed by atoms with Crippen LogP contribution in [-0.4, -0.2) is 46.6 Å². The molecule has 142 valence electrons. The van der Waals surface area contributed by atoms with Gasteiger partial charge in [-0.3, -0.25) is 14.4 Å². The highest BCUT2D eigenvalue weighted by Gasteiger charge is 2.61. The summed E-state index contributed by atoms with van der Waals surface area (Å²) < 4.78 is 4.94. The molecule has 2 aliphatic rings. The SMILES string of the molecule is CCOC(=O)C1=NN(C(C)=O)C2(CC(=O)N(c3ccc(CC)cc3)C2=O)C1. The van der Waals surface area contributed by atoms with Crippen LogP contribution in [0.2, 0.25) is 0 Å². The Morgan fingerprint density at radius 3 is 2.37 bits per heavy atom. The third-order valence-electron chi connectivity index (χ3n) is 4.79. The van der Waals surface area contributed by atoms with Gasteiger partial charge in [-0.15, -0.1) is 0 Å². The molecule has 27 heavy (non-hydrogen) atoms. The molecular formula is C19H21N3O5. The fourth-order valence-corrected chi connectivity index (χ4v) is 3.47. The van der Waals surface area contributed by atoms with Crippen molar-refractivity contribution in [2.45, 2.75) is 45.6 Å². The third-order valence-corrected chi connectivity index (χ3v) is 4.79. The predicted octanol–water partition coefficient (Wildman–Crippen LogP) is 1.42. The maximum atomic E-state index is 13.2. The van der Waals surface area contributed by atoms with Crippen molar-refractivity contribution in [3.8, 4) is 0 Å². The van der Waals surface area contributed by atoms with Gasteiger partial charge in [0, 0.05) is 13.3 Å². The number of carbonyl (C=O) groups is 4. The summed E-state index contributed by atoms with van der Waals surface area (Å²) in [4.78, 5) is 51.1. The second-order valence-corrected chi connectivity index (χ2v) is 6.54. The minimum absolute atomic E-state index is 0.0311. The molecule has 0 aliphatic carbocycles. The van der Waals surface area contributed by atoms with Crippen LogP contribution in [0.3, 0.4) is 0 Å². The Bertz CT molecular complexity index is 845. The van der Waals surface area contributed by atoms with Crippen LogP contribution in [0.15, 0.2) is 29.4 Å². The molecule has 1 atom stereocenters. The zero-order valence-corrected chi connectivity index (χ0v) is 15.5. The Kier molecular flexibility index (Phi) is 4.82. The molecule has 0 N–H and O–H groups in total. The summed E-state index contributed by atoms with van der Waals surface area (Å²) >= 11 is 0. The molecule has 1 unspecified atom stereocenters. The van der Waals surface area contributed by atoms with E-state index in [4.69, 9.17) is 4.74 Å². The molecule has 2 heterocycles. The van der Waals surface area contributed by atoms with Gasteiger partial charge in [0.25, 0.3) is 5.91 Å². The minimum Gasteiger partial charge on any atom is -0.461 e. The minimum atomic E-state index is -1.51. The first-order valence-electron chi connectivity index (χ1n) is 8.85. The van der Waals surface area contributed by atoms with Crippen molar-refractivity contribution in [2.24, 2.45) is 5.10 Å². The fourth-order valence-electron chi connectivity index (χ4n) is 3.47. The van der Waals surface area contributed by atoms with E-state index in [1.165, 1.54) is 6.92 Å². The zero-order valence-electron chi connectivity index (χ0n) is 15.5. The Morgan fingerprint density at radius 2 is 1.81 bits per heavy atom. The van der Waals surface area contributed by atoms with Gasteiger partial charge in [-0.05, 0) is 31.0 Å². The van der Waals surface area contributed by atoms with E-state index in [0.717, 1.165) is 21.9 Å². The van der Waals surface area contributed by atoms with Gasteiger partial charge < -0.3 is 4.74 Å². The van der Waals surface area contributed by atoms with Crippen molar-refractivity contribution >= 4 is 35.1 Å². The number of aryl methyl sites for hydroxylation is 1. The number of rotatable bonds is 4. The molecule has 1 aromatic carbocycles. The van der Waals surface area contributed by atoms with Gasteiger partial charge >= 0.3 is 5.97 Å². The van der Waals surface area contributed by atoms with Crippen LogP contribution in [0.25, 0.3) is 0 Å². The van der Waals surface area contributed by atoms with Gasteiger partial charge in [0.1, 0.15) is 5.71 Å². The van der Waals surface area contributed by atoms with E-state index >= 15 is 0 Å². The summed E-state index contributed by atoms with van der Waals surface area (Å²) in [7, 11) is 0. The normalized spacial score (nSPS) is 21.8. The van der Waals surface area contributed by atoms with Crippen molar-refractivity contribution in [2.75, 3.05) is 11.5 Å². The summed E-state index contributed by atoms with van der Waals surface area (Å²) in [6.45, 7) is 5.05. The number of nitrogens with zero attached hydrogens (tertiary/aromatic N) is 3. The van der Waals surface area contributed by atoms with Crippen LogP contribution in [0.1, 0.15) is 39.2 Å². The van der Waals surface area contributed by atoms with E-state index in [0.29, 0.717) is 5.69 Å². The summed E-state index contributed by atoms with van der Waals surface area (Å²) in [6.07, 6.45) is 0.466. The van der Waals surface area contributed by atoms with Crippen molar-refractivity contribution < 1.29 is 23.9 Å². The number of carbonyl (C=O) groups excluding carboxylic acids is 4. The standard InChI is InChI=1S/C19H21N3O5/c1-4-13-6-8-14(9-7-13)21-16(24)11-19(18(21)26)10-15(17(25)27-5-2)20-22(19)12(3)23/h6-9H,4-5,10-11H2,1-3H3. The summed E-state index contributed by atoms with van der Waals surface area (Å²) in [6, 6.07) is 7.10. The van der Waals surface area contributed by atoms with Crippen LogP contribution in [0.4, 0.5) is 5.69 Å². The number of hydrogen-bond acceptors (Lipinski definition) is 6. The van der Waals surface area contributed by atoms with Crippen molar-refractivity contribution in [3.63, 3.8) is 0 Å². The molecule has 2 aliphatic heterocycles. The van der Waals surface area contributed by atoms with Crippen LogP contribution in [0.5, 0.6) is 0 Å². The van der Waals surface area contributed by atoms with E-state index in [2.05, 4.69) is 5.10 Å². The van der Waals surface area contributed by atoms with Gasteiger partial charge in [0.2, 0.25) is 11.8 Å². The number of anilines is 1. The first-order valence-corrected chi connectivity index (χ1v) is 8.85. The average Bonchev–Trinajstić information content (AvgIpc) is 3.14. The monoisotopic (exact) mass is 371 g/mol. The van der Waals surface area contributed by atoms with Gasteiger partial charge in [0.05, 0.1) is 18.7 Å². The summed E-state index contributed by atoms with van der Waals surface area (Å²) in [5, 5.41) is 4.97. The van der Waals surface area contributed by atoms with E-state index in [9.17, 15) is 19.2 Å². The van der Waals surface area contributed by atoms with E-state index in [-0.39, 0.29) is 25.2 Å². The van der Waals surface area contributed by atoms with Crippen LogP contribution in [0, 0.1) is 0 Å². The van der Waals surface area contributed by atoms with Crippen LogP contribution < -0.4 is 4.90 Å². The largest absolute Gasteiger partial charge is 0.461 e. The molecule has 3 amide bonds. The molecule has 1 saturated heterocycles. The van der Waals surface area contributed by atoms with Crippen LogP contribution >= 0.6 is 0 Å². The fraction of sp³-hybridized carbons (Fsp3) is 0.421. The molecule has 1 fully saturated rings. The second-order valence-electron chi connectivity index (χ2n) is 6.54. The van der Waals surface area contributed by atoms with Gasteiger partial charge in [-0.1, -0.05) is 19.1 Å². The van der Waals surface area contributed by atoms with Gasteiger partial charge in [0.15, 0.2) is 5.54 Å². The molecule has 0 saturated carbocycles. The molecule has 8 heteroatoms. The number of benzene rings is 1. The van der Waals surface area contributed by atoms with Crippen LogP contribution in [-0.2, 0) is 30.3 Å². The highest BCUT2D eigenvalue weighted by molar-refractivity contribution is 6.39. The Morgan fingerprint density at radius 1 is 1.15 bits per heavy atom. The van der Waals surface area contributed by atoms with E-state index in [1.54, 1.807) is 19.1 Å². The van der Waals surface area contributed by atoms with Gasteiger partial charge in [-0.2, -0.15) is 5.10 Å². The summed E-state index contributed by atoms with van der Waals surface area (Å²) in [5.74, 6) is -2.20. The molecule has 0 aromatic heterocycles.